The van der Waals surface area contributed by atoms with Crippen LogP contribution >= 0.6 is 0 Å². The average molecular weight is 390 g/mol. The topological polar surface area (TPSA) is 77.8 Å². The Hall–Kier alpha value is -2.09. The van der Waals surface area contributed by atoms with E-state index in [4.69, 9.17) is 4.99 Å². The number of hydrogen-bond donors (Lipinski definition) is 2. The van der Waals surface area contributed by atoms with Gasteiger partial charge in [-0.3, -0.25) is 14.7 Å². The first-order valence-electron chi connectivity index (χ1n) is 10.7. The van der Waals surface area contributed by atoms with E-state index < -0.39 is 0 Å². The predicted molar refractivity (Wildman–Crippen MR) is 111 cm³/mol. The summed E-state index contributed by atoms with van der Waals surface area (Å²) in [6, 6.07) is 0.443. The second-order valence-electron chi connectivity index (χ2n) is 7.72. The van der Waals surface area contributed by atoms with Crippen molar-refractivity contribution in [3.63, 3.8) is 0 Å². The Morgan fingerprint density at radius 1 is 1.25 bits per heavy atom. The van der Waals surface area contributed by atoms with Gasteiger partial charge in [0.2, 0.25) is 5.91 Å². The van der Waals surface area contributed by atoms with Crippen molar-refractivity contribution < 1.29 is 4.79 Å². The zero-order chi connectivity index (χ0) is 19.8. The summed E-state index contributed by atoms with van der Waals surface area (Å²) < 4.78 is 2.19. The van der Waals surface area contributed by atoms with Gasteiger partial charge in [-0.2, -0.15) is 0 Å². The van der Waals surface area contributed by atoms with Crippen molar-refractivity contribution in [2.24, 2.45) is 4.99 Å². The quantitative estimate of drug-likeness (QED) is 0.372. The highest BCUT2D eigenvalue weighted by Gasteiger charge is 2.25. The van der Waals surface area contributed by atoms with Crippen LogP contribution in [-0.4, -0.2) is 83.1 Å². The molecule has 156 valence electrons. The molecule has 3 rings (SSSR count). The third kappa shape index (κ3) is 6.51. The summed E-state index contributed by atoms with van der Waals surface area (Å²) in [5.74, 6) is 2.24. The fourth-order valence-corrected chi connectivity index (χ4v) is 3.47. The second-order valence-corrected chi connectivity index (χ2v) is 7.72. The van der Waals surface area contributed by atoms with Crippen LogP contribution in [0.3, 0.4) is 0 Å². The SMILES string of the molecule is CCNC(=NCCCCn1ccnc1C)N1CCN(CC(=O)NC2CC2)CC1. The molecule has 8 nitrogen and oxygen atoms in total. The largest absolute Gasteiger partial charge is 0.357 e. The van der Waals surface area contributed by atoms with Gasteiger partial charge >= 0.3 is 0 Å². The van der Waals surface area contributed by atoms with E-state index in [1.807, 2.05) is 19.3 Å². The molecule has 1 saturated carbocycles. The van der Waals surface area contributed by atoms with Gasteiger partial charge in [-0.1, -0.05) is 0 Å². The fraction of sp³-hybridized carbons (Fsp3) is 0.750. The molecule has 0 atom stereocenters. The van der Waals surface area contributed by atoms with Crippen LogP contribution in [0.1, 0.15) is 38.4 Å². The molecule has 2 N–H and O–H groups in total. The van der Waals surface area contributed by atoms with E-state index in [1.54, 1.807) is 0 Å². The number of carbonyl (C=O) groups is 1. The number of piperazine rings is 1. The van der Waals surface area contributed by atoms with Crippen LogP contribution in [0.4, 0.5) is 0 Å². The van der Waals surface area contributed by atoms with Gasteiger partial charge in [0.25, 0.3) is 0 Å². The number of carbonyl (C=O) groups excluding carboxylic acids is 1. The summed E-state index contributed by atoms with van der Waals surface area (Å²) in [5, 5.41) is 6.49. The lowest BCUT2D eigenvalue weighted by atomic mass is 10.3. The minimum absolute atomic E-state index is 0.171. The number of nitrogens with zero attached hydrogens (tertiary/aromatic N) is 5. The van der Waals surface area contributed by atoms with Crippen molar-refractivity contribution in [2.45, 2.75) is 52.1 Å². The number of unbranched alkanes of at least 4 members (excludes halogenated alkanes) is 1. The Kier molecular flexibility index (Phi) is 7.71. The van der Waals surface area contributed by atoms with Crippen LogP contribution in [-0.2, 0) is 11.3 Å². The second kappa shape index (κ2) is 10.5. The summed E-state index contributed by atoms with van der Waals surface area (Å²) in [5.41, 5.74) is 0. The molecule has 0 spiro atoms. The summed E-state index contributed by atoms with van der Waals surface area (Å²) >= 11 is 0. The van der Waals surface area contributed by atoms with Crippen molar-refractivity contribution in [2.75, 3.05) is 45.8 Å². The van der Waals surface area contributed by atoms with E-state index in [1.165, 1.54) is 0 Å². The van der Waals surface area contributed by atoms with Gasteiger partial charge in [-0.25, -0.2) is 4.98 Å². The van der Waals surface area contributed by atoms with E-state index in [2.05, 4.69) is 36.9 Å². The third-order valence-corrected chi connectivity index (χ3v) is 5.31. The van der Waals surface area contributed by atoms with Crippen molar-refractivity contribution in [3.8, 4) is 0 Å². The van der Waals surface area contributed by atoms with Gasteiger partial charge in [-0.05, 0) is 39.5 Å². The zero-order valence-corrected chi connectivity index (χ0v) is 17.4. The van der Waals surface area contributed by atoms with E-state index in [9.17, 15) is 4.79 Å². The molecule has 1 aliphatic heterocycles. The number of rotatable bonds is 9. The predicted octanol–water partition coefficient (Wildman–Crippen LogP) is 0.833. The molecule has 0 radical (unpaired) electrons. The van der Waals surface area contributed by atoms with E-state index in [0.717, 1.165) is 83.3 Å². The van der Waals surface area contributed by atoms with Crippen LogP contribution in [0.2, 0.25) is 0 Å². The molecule has 2 fully saturated rings. The van der Waals surface area contributed by atoms with Gasteiger partial charge in [-0.15, -0.1) is 0 Å². The minimum Gasteiger partial charge on any atom is -0.357 e. The fourth-order valence-electron chi connectivity index (χ4n) is 3.47. The van der Waals surface area contributed by atoms with E-state index >= 15 is 0 Å². The first-order valence-corrected chi connectivity index (χ1v) is 10.7. The average Bonchev–Trinajstić information content (AvgIpc) is 3.40. The van der Waals surface area contributed by atoms with E-state index in [-0.39, 0.29) is 5.91 Å². The first kappa shape index (κ1) is 20.6. The number of aryl methyl sites for hydroxylation is 2. The summed E-state index contributed by atoms with van der Waals surface area (Å²) in [7, 11) is 0. The van der Waals surface area contributed by atoms with Gasteiger partial charge in [0.05, 0.1) is 6.54 Å². The maximum atomic E-state index is 12.0. The number of aromatic nitrogens is 2. The summed E-state index contributed by atoms with van der Waals surface area (Å²) in [6.45, 7) is 11.0. The smallest absolute Gasteiger partial charge is 0.234 e. The van der Waals surface area contributed by atoms with Crippen LogP contribution in [0.15, 0.2) is 17.4 Å². The van der Waals surface area contributed by atoms with Crippen molar-refractivity contribution in [3.05, 3.63) is 18.2 Å². The van der Waals surface area contributed by atoms with Gasteiger partial charge in [0.15, 0.2) is 5.96 Å². The standard InChI is InChI=1S/C20H35N7O/c1-3-21-20(23-8-4-5-10-26-11-9-22-17(26)2)27-14-12-25(13-15-27)16-19(28)24-18-6-7-18/h9,11,18H,3-8,10,12-16H2,1-2H3,(H,21,23)(H,24,28). The number of nitrogens with one attached hydrogen (secondary N) is 2. The third-order valence-electron chi connectivity index (χ3n) is 5.31. The Morgan fingerprint density at radius 3 is 2.68 bits per heavy atom. The van der Waals surface area contributed by atoms with Crippen LogP contribution < -0.4 is 10.6 Å². The molecule has 1 aromatic heterocycles. The highest BCUT2D eigenvalue weighted by atomic mass is 16.2. The molecule has 2 aliphatic rings. The number of amides is 1. The van der Waals surface area contributed by atoms with Crippen molar-refractivity contribution in [1.82, 2.24) is 30.0 Å². The molecule has 1 saturated heterocycles. The van der Waals surface area contributed by atoms with Gasteiger partial charge in [0.1, 0.15) is 5.82 Å². The molecule has 0 unspecified atom stereocenters. The van der Waals surface area contributed by atoms with E-state index in [0.29, 0.717) is 12.6 Å². The Labute approximate surface area is 168 Å². The molecule has 2 heterocycles. The Balaban J connectivity index is 1.37. The number of aliphatic imine (C=N–C) groups is 1. The normalized spacial score (nSPS) is 18.4. The zero-order valence-electron chi connectivity index (χ0n) is 17.4. The lowest BCUT2D eigenvalue weighted by Crippen LogP contribution is -2.54. The molecule has 1 aliphatic carbocycles. The molecule has 8 heteroatoms. The molecular formula is C20H35N7O. The summed E-state index contributed by atoms with van der Waals surface area (Å²) in [6.07, 6.45) is 8.34. The van der Waals surface area contributed by atoms with Crippen molar-refractivity contribution in [1.29, 1.82) is 0 Å². The Morgan fingerprint density at radius 2 is 2.04 bits per heavy atom. The van der Waals surface area contributed by atoms with Crippen LogP contribution in [0, 0.1) is 6.92 Å². The maximum Gasteiger partial charge on any atom is 0.234 e. The van der Waals surface area contributed by atoms with Crippen LogP contribution in [0.25, 0.3) is 0 Å². The highest BCUT2D eigenvalue weighted by Crippen LogP contribution is 2.18. The molecule has 0 aromatic carbocycles. The summed E-state index contributed by atoms with van der Waals surface area (Å²) in [4.78, 5) is 25.6. The molecule has 28 heavy (non-hydrogen) atoms. The number of imidazole rings is 1. The monoisotopic (exact) mass is 389 g/mol. The number of hydrogen-bond acceptors (Lipinski definition) is 4. The minimum atomic E-state index is 0.171. The highest BCUT2D eigenvalue weighted by molar-refractivity contribution is 5.80. The van der Waals surface area contributed by atoms with Crippen LogP contribution in [0.5, 0.6) is 0 Å². The lowest BCUT2D eigenvalue weighted by Gasteiger charge is -2.36. The molecule has 1 amide bonds. The number of guanidine groups is 1. The molecular weight excluding hydrogens is 354 g/mol. The maximum absolute atomic E-state index is 12.0. The first-order chi connectivity index (χ1) is 13.7. The lowest BCUT2D eigenvalue weighted by molar-refractivity contribution is -0.122. The molecule has 0 bridgehead atoms. The Bertz CT molecular complexity index is 645. The van der Waals surface area contributed by atoms with Crippen molar-refractivity contribution >= 4 is 11.9 Å². The van der Waals surface area contributed by atoms with Gasteiger partial charge in [0, 0.05) is 64.2 Å². The molecule has 1 aromatic rings. The van der Waals surface area contributed by atoms with Gasteiger partial charge < -0.3 is 20.1 Å².